The zero-order valence-electron chi connectivity index (χ0n) is 11.5. The van der Waals surface area contributed by atoms with E-state index in [1.807, 2.05) is 11.4 Å². The van der Waals surface area contributed by atoms with Gasteiger partial charge in [-0.1, -0.05) is 17.5 Å². The predicted molar refractivity (Wildman–Crippen MR) is 77.8 cm³/mol. The Morgan fingerprint density at radius 3 is 2.84 bits per heavy atom. The minimum absolute atomic E-state index is 0.101. The average molecular weight is 277 g/mol. The van der Waals surface area contributed by atoms with E-state index >= 15 is 0 Å². The van der Waals surface area contributed by atoms with Crippen molar-refractivity contribution in [3.05, 3.63) is 40.4 Å². The Kier molecular flexibility index (Phi) is 4.87. The van der Waals surface area contributed by atoms with Crippen molar-refractivity contribution in [3.63, 3.8) is 0 Å². The molecule has 1 unspecified atom stereocenters. The molecular formula is C14H19N3OS. The van der Waals surface area contributed by atoms with Gasteiger partial charge in [0.1, 0.15) is 5.75 Å². The van der Waals surface area contributed by atoms with Crippen LogP contribution in [-0.4, -0.2) is 23.2 Å². The molecule has 19 heavy (non-hydrogen) atoms. The summed E-state index contributed by atoms with van der Waals surface area (Å²) >= 11 is 1.38. The summed E-state index contributed by atoms with van der Waals surface area (Å²) < 4.78 is 9.22. The number of nitrogens with zero attached hydrogens (tertiary/aromatic N) is 2. The molecule has 0 aliphatic heterocycles. The van der Waals surface area contributed by atoms with E-state index in [4.69, 9.17) is 4.74 Å². The number of methoxy groups -OCH3 is 1. The van der Waals surface area contributed by atoms with Crippen LogP contribution in [0.2, 0.25) is 0 Å². The van der Waals surface area contributed by atoms with Gasteiger partial charge in [-0.05, 0) is 54.7 Å². The van der Waals surface area contributed by atoms with Crippen LogP contribution in [-0.2, 0) is 0 Å². The van der Waals surface area contributed by atoms with Crippen molar-refractivity contribution in [2.75, 3.05) is 13.7 Å². The summed E-state index contributed by atoms with van der Waals surface area (Å²) in [5.74, 6) is 0.881. The number of aryl methyl sites for hydroxylation is 1. The number of nitrogens with one attached hydrogen (secondary N) is 1. The maximum absolute atomic E-state index is 5.26. The molecule has 0 amide bonds. The van der Waals surface area contributed by atoms with Gasteiger partial charge in [0.25, 0.3) is 0 Å². The third kappa shape index (κ3) is 3.30. The Labute approximate surface area is 118 Å². The summed E-state index contributed by atoms with van der Waals surface area (Å²) in [6.45, 7) is 5.20. The first-order valence-electron chi connectivity index (χ1n) is 6.41. The number of ether oxygens (including phenoxy) is 1. The van der Waals surface area contributed by atoms with Crippen molar-refractivity contribution in [2.45, 2.75) is 26.3 Å². The van der Waals surface area contributed by atoms with Crippen molar-refractivity contribution in [1.82, 2.24) is 14.9 Å². The van der Waals surface area contributed by atoms with Crippen LogP contribution in [0.25, 0.3) is 0 Å². The van der Waals surface area contributed by atoms with E-state index < -0.39 is 0 Å². The van der Waals surface area contributed by atoms with Crippen molar-refractivity contribution in [3.8, 4) is 5.75 Å². The molecule has 0 saturated carbocycles. The van der Waals surface area contributed by atoms with Crippen LogP contribution in [0.4, 0.5) is 0 Å². The minimum atomic E-state index is 0.101. The fourth-order valence-electron chi connectivity index (χ4n) is 2.06. The summed E-state index contributed by atoms with van der Waals surface area (Å²) in [4.78, 5) is 0. The molecule has 0 bridgehead atoms. The van der Waals surface area contributed by atoms with Crippen LogP contribution < -0.4 is 10.1 Å². The highest BCUT2D eigenvalue weighted by Crippen LogP contribution is 2.27. The molecule has 4 nitrogen and oxygen atoms in total. The fourth-order valence-corrected chi connectivity index (χ4v) is 2.54. The molecule has 1 aromatic heterocycles. The zero-order valence-corrected chi connectivity index (χ0v) is 12.3. The first-order valence-corrected chi connectivity index (χ1v) is 7.24. The Bertz CT molecular complexity index is 513. The second-order valence-electron chi connectivity index (χ2n) is 4.44. The largest absolute Gasteiger partial charge is 0.497 e. The van der Waals surface area contributed by atoms with Gasteiger partial charge in [0.05, 0.1) is 18.8 Å². The molecular weight excluding hydrogens is 258 g/mol. The maximum atomic E-state index is 5.26. The minimum Gasteiger partial charge on any atom is -0.497 e. The molecule has 0 aliphatic rings. The van der Waals surface area contributed by atoms with Crippen LogP contribution in [0.15, 0.2) is 23.6 Å². The van der Waals surface area contributed by atoms with Gasteiger partial charge in [-0.25, -0.2) is 0 Å². The van der Waals surface area contributed by atoms with Gasteiger partial charge in [0.15, 0.2) is 0 Å². The number of rotatable bonds is 6. The molecule has 0 fully saturated rings. The Hall–Kier alpha value is -1.46. The predicted octanol–water partition coefficient (Wildman–Crippen LogP) is 2.94. The first-order chi connectivity index (χ1) is 9.26. The summed E-state index contributed by atoms with van der Waals surface area (Å²) in [5.41, 5.74) is 3.40. The van der Waals surface area contributed by atoms with E-state index in [0.29, 0.717) is 0 Å². The Morgan fingerprint density at radius 1 is 1.42 bits per heavy atom. The quantitative estimate of drug-likeness (QED) is 0.882. The molecule has 1 atom stereocenters. The van der Waals surface area contributed by atoms with Gasteiger partial charge in [-0.15, -0.1) is 5.10 Å². The fraction of sp³-hybridized carbons (Fsp3) is 0.429. The van der Waals surface area contributed by atoms with Gasteiger partial charge < -0.3 is 10.1 Å². The van der Waals surface area contributed by atoms with Gasteiger partial charge in [-0.3, -0.25) is 0 Å². The number of hydrogen-bond acceptors (Lipinski definition) is 5. The lowest BCUT2D eigenvalue weighted by atomic mass is 9.99. The Morgan fingerprint density at radius 2 is 2.26 bits per heavy atom. The summed E-state index contributed by atoms with van der Waals surface area (Å²) in [7, 11) is 1.69. The molecule has 0 spiro atoms. The second kappa shape index (κ2) is 6.63. The second-order valence-corrected chi connectivity index (χ2v) is 5.05. The zero-order chi connectivity index (χ0) is 13.7. The van der Waals surface area contributed by atoms with E-state index in [1.165, 1.54) is 22.7 Å². The summed E-state index contributed by atoms with van der Waals surface area (Å²) in [6, 6.07) is 6.24. The highest BCUT2D eigenvalue weighted by atomic mass is 32.1. The monoisotopic (exact) mass is 277 g/mol. The highest BCUT2D eigenvalue weighted by molar-refractivity contribution is 7.03. The molecule has 0 radical (unpaired) electrons. The van der Waals surface area contributed by atoms with E-state index in [0.717, 1.165) is 24.4 Å². The molecule has 102 valence electrons. The lowest BCUT2D eigenvalue weighted by Gasteiger charge is -2.19. The van der Waals surface area contributed by atoms with Crippen LogP contribution >= 0.6 is 11.5 Å². The normalized spacial score (nSPS) is 12.4. The van der Waals surface area contributed by atoms with Crippen LogP contribution in [0.1, 0.15) is 36.2 Å². The van der Waals surface area contributed by atoms with Crippen molar-refractivity contribution in [1.29, 1.82) is 0 Å². The molecule has 5 heteroatoms. The van der Waals surface area contributed by atoms with Gasteiger partial charge in [0.2, 0.25) is 0 Å². The molecule has 2 rings (SSSR count). The molecule has 1 heterocycles. The molecule has 0 saturated heterocycles. The summed E-state index contributed by atoms with van der Waals surface area (Å²) in [6.07, 6.45) is 1.09. The SMILES string of the molecule is CCCNC(c1csnn1)c1ccc(OC)cc1C. The van der Waals surface area contributed by atoms with Crippen molar-refractivity contribution < 1.29 is 4.74 Å². The van der Waals surface area contributed by atoms with Crippen LogP contribution in [0.3, 0.4) is 0 Å². The maximum Gasteiger partial charge on any atom is 0.119 e. The topological polar surface area (TPSA) is 47.0 Å². The van der Waals surface area contributed by atoms with E-state index in [9.17, 15) is 0 Å². The molecule has 2 aromatic rings. The van der Waals surface area contributed by atoms with E-state index in [-0.39, 0.29) is 6.04 Å². The highest BCUT2D eigenvalue weighted by Gasteiger charge is 2.18. The number of hydrogen-bond donors (Lipinski definition) is 1. The lowest BCUT2D eigenvalue weighted by Crippen LogP contribution is -2.24. The smallest absolute Gasteiger partial charge is 0.119 e. The standard InChI is InChI=1S/C14H19N3OS/c1-4-7-15-14(13-9-19-17-16-13)12-6-5-11(18-3)8-10(12)2/h5-6,8-9,14-15H,4,7H2,1-3H3. The van der Waals surface area contributed by atoms with E-state index in [1.54, 1.807) is 7.11 Å². The molecule has 1 aromatic carbocycles. The average Bonchev–Trinajstić information content (AvgIpc) is 2.94. The van der Waals surface area contributed by atoms with Crippen LogP contribution in [0.5, 0.6) is 5.75 Å². The molecule has 0 aliphatic carbocycles. The first kappa shape index (κ1) is 14.0. The van der Waals surface area contributed by atoms with Crippen molar-refractivity contribution >= 4 is 11.5 Å². The summed E-state index contributed by atoms with van der Waals surface area (Å²) in [5, 5.41) is 9.73. The lowest BCUT2D eigenvalue weighted by molar-refractivity contribution is 0.414. The van der Waals surface area contributed by atoms with Gasteiger partial charge >= 0.3 is 0 Å². The van der Waals surface area contributed by atoms with E-state index in [2.05, 4.69) is 40.9 Å². The Balaban J connectivity index is 2.32. The number of benzene rings is 1. The van der Waals surface area contributed by atoms with Crippen LogP contribution in [0, 0.1) is 6.92 Å². The molecule has 1 N–H and O–H groups in total. The third-order valence-electron chi connectivity index (χ3n) is 3.06. The van der Waals surface area contributed by atoms with Gasteiger partial charge in [0, 0.05) is 5.38 Å². The third-order valence-corrected chi connectivity index (χ3v) is 3.58. The number of aromatic nitrogens is 2. The van der Waals surface area contributed by atoms with Crippen molar-refractivity contribution in [2.24, 2.45) is 0 Å². The van der Waals surface area contributed by atoms with Gasteiger partial charge in [-0.2, -0.15) is 0 Å².